The molecule has 0 spiro atoms. The molecule has 1 aliphatic heterocycles. The van der Waals surface area contributed by atoms with Crippen molar-refractivity contribution in [2.24, 2.45) is 11.7 Å². The lowest BCUT2D eigenvalue weighted by Gasteiger charge is -2.34. The van der Waals surface area contributed by atoms with Crippen molar-refractivity contribution >= 4 is 28.4 Å². The number of carbonyl (C=O) groups is 1. The zero-order valence-electron chi connectivity index (χ0n) is 13.6. The molecule has 2 atom stereocenters. The van der Waals surface area contributed by atoms with E-state index in [0.29, 0.717) is 13.0 Å². The summed E-state index contributed by atoms with van der Waals surface area (Å²) in [6, 6.07) is 2.88. The molecular formula is C15H22ClFN2O4S. The van der Waals surface area contributed by atoms with Crippen LogP contribution in [0.2, 0.25) is 0 Å². The molecular weight excluding hydrogens is 359 g/mol. The third-order valence-electron chi connectivity index (χ3n) is 4.13. The number of nitrogens with two attached hydrogens (primary N) is 1. The van der Waals surface area contributed by atoms with Crippen LogP contribution in [0.25, 0.3) is 0 Å². The molecule has 24 heavy (non-hydrogen) atoms. The molecule has 0 saturated carbocycles. The first kappa shape index (κ1) is 20.8. The van der Waals surface area contributed by atoms with Gasteiger partial charge in [-0.25, -0.2) is 17.6 Å². The fraction of sp³-hybridized carbons (Fsp3) is 0.533. The summed E-state index contributed by atoms with van der Waals surface area (Å²) in [4.78, 5) is 11.6. The highest BCUT2D eigenvalue weighted by atomic mass is 35.5. The predicted molar refractivity (Wildman–Crippen MR) is 90.1 cm³/mol. The normalized spacial score (nSPS) is 20.1. The van der Waals surface area contributed by atoms with Crippen LogP contribution < -0.4 is 5.73 Å². The monoisotopic (exact) mass is 380 g/mol. The number of rotatable bonds is 4. The second kappa shape index (κ2) is 8.24. The maximum atomic E-state index is 13.4. The van der Waals surface area contributed by atoms with E-state index in [1.165, 1.54) is 4.31 Å². The number of hydrogen-bond acceptors (Lipinski definition) is 5. The van der Waals surface area contributed by atoms with Gasteiger partial charge < -0.3 is 10.5 Å². The molecule has 1 aromatic carbocycles. The summed E-state index contributed by atoms with van der Waals surface area (Å²) in [7, 11) is -2.80. The van der Waals surface area contributed by atoms with E-state index in [2.05, 4.69) is 4.74 Å². The highest BCUT2D eigenvalue weighted by Gasteiger charge is 2.34. The number of benzene rings is 1. The van der Waals surface area contributed by atoms with Gasteiger partial charge in [0, 0.05) is 19.1 Å². The van der Waals surface area contributed by atoms with E-state index in [4.69, 9.17) is 5.73 Å². The van der Waals surface area contributed by atoms with Crippen molar-refractivity contribution in [2.75, 3.05) is 20.2 Å². The predicted octanol–water partition coefficient (Wildman–Crippen LogP) is 1.78. The molecule has 0 aromatic heterocycles. The number of sulfonamides is 1. The number of methoxy groups -OCH3 is 1. The Morgan fingerprint density at radius 2 is 2.12 bits per heavy atom. The van der Waals surface area contributed by atoms with Crippen LogP contribution in [-0.2, 0) is 14.8 Å². The summed E-state index contributed by atoms with van der Waals surface area (Å²) in [6.07, 6.45) is 1.55. The quantitative estimate of drug-likeness (QED) is 0.804. The van der Waals surface area contributed by atoms with Crippen LogP contribution in [0.5, 0.6) is 0 Å². The zero-order valence-corrected chi connectivity index (χ0v) is 15.2. The van der Waals surface area contributed by atoms with Gasteiger partial charge in [-0.05, 0) is 43.9 Å². The number of nitrogens with zero attached hydrogens (tertiary/aromatic N) is 1. The Morgan fingerprint density at radius 3 is 2.71 bits per heavy atom. The first-order chi connectivity index (χ1) is 10.8. The van der Waals surface area contributed by atoms with Crippen LogP contribution in [0.1, 0.15) is 30.1 Å². The van der Waals surface area contributed by atoms with Crippen LogP contribution in [0.15, 0.2) is 23.1 Å². The minimum absolute atomic E-state index is 0. The van der Waals surface area contributed by atoms with Crippen molar-refractivity contribution in [1.29, 1.82) is 0 Å². The number of ether oxygens (including phenoxy) is 1. The van der Waals surface area contributed by atoms with E-state index in [0.717, 1.165) is 31.7 Å². The van der Waals surface area contributed by atoms with E-state index in [-0.39, 0.29) is 41.4 Å². The van der Waals surface area contributed by atoms with Gasteiger partial charge in [-0.2, -0.15) is 4.31 Å². The van der Waals surface area contributed by atoms with E-state index < -0.39 is 21.8 Å². The number of hydrogen-bond donors (Lipinski definition) is 1. The first-order valence-electron chi connectivity index (χ1n) is 7.41. The third kappa shape index (κ3) is 4.24. The lowest BCUT2D eigenvalue weighted by atomic mass is 9.93. The second-order valence-electron chi connectivity index (χ2n) is 5.76. The number of halogens is 2. The van der Waals surface area contributed by atoms with Gasteiger partial charge in [0.1, 0.15) is 5.82 Å². The summed E-state index contributed by atoms with van der Waals surface area (Å²) in [6.45, 7) is 2.49. The van der Waals surface area contributed by atoms with Gasteiger partial charge in [-0.3, -0.25) is 0 Å². The maximum Gasteiger partial charge on any atom is 0.339 e. The number of piperidine rings is 1. The molecule has 0 aliphatic carbocycles. The molecule has 1 fully saturated rings. The topological polar surface area (TPSA) is 89.7 Å². The molecule has 1 saturated heterocycles. The van der Waals surface area contributed by atoms with Crippen LogP contribution in [0, 0.1) is 11.7 Å². The van der Waals surface area contributed by atoms with Gasteiger partial charge in [0.25, 0.3) is 0 Å². The first-order valence-corrected chi connectivity index (χ1v) is 8.85. The van der Waals surface area contributed by atoms with E-state index in [1.807, 2.05) is 6.92 Å². The zero-order chi connectivity index (χ0) is 17.2. The van der Waals surface area contributed by atoms with Crippen LogP contribution in [-0.4, -0.2) is 44.9 Å². The van der Waals surface area contributed by atoms with Gasteiger partial charge in [0.05, 0.1) is 17.6 Å². The Bertz CT molecular complexity index is 697. The molecule has 2 N–H and O–H groups in total. The summed E-state index contributed by atoms with van der Waals surface area (Å²) < 4.78 is 45.0. The van der Waals surface area contributed by atoms with Crippen LogP contribution in [0.4, 0.5) is 4.39 Å². The molecule has 1 heterocycles. The minimum Gasteiger partial charge on any atom is -0.465 e. The Labute approximate surface area is 147 Å². The molecule has 0 bridgehead atoms. The van der Waals surface area contributed by atoms with Crippen molar-refractivity contribution in [3.8, 4) is 0 Å². The summed E-state index contributed by atoms with van der Waals surface area (Å²) >= 11 is 0. The molecule has 1 aliphatic rings. The third-order valence-corrected chi connectivity index (χ3v) is 6.05. The fourth-order valence-corrected chi connectivity index (χ4v) is 4.45. The summed E-state index contributed by atoms with van der Waals surface area (Å²) in [5.74, 6) is -1.53. The van der Waals surface area contributed by atoms with Crippen molar-refractivity contribution in [3.05, 3.63) is 29.6 Å². The molecule has 0 radical (unpaired) electrons. The summed E-state index contributed by atoms with van der Waals surface area (Å²) in [5.41, 5.74) is 5.59. The number of esters is 1. The van der Waals surface area contributed by atoms with Crippen molar-refractivity contribution in [1.82, 2.24) is 4.31 Å². The van der Waals surface area contributed by atoms with E-state index >= 15 is 0 Å². The van der Waals surface area contributed by atoms with Gasteiger partial charge in [-0.15, -0.1) is 12.4 Å². The van der Waals surface area contributed by atoms with Gasteiger partial charge >= 0.3 is 5.97 Å². The highest BCUT2D eigenvalue weighted by Crippen LogP contribution is 2.27. The Hall–Kier alpha value is -1.22. The molecule has 9 heteroatoms. The molecule has 0 amide bonds. The fourth-order valence-electron chi connectivity index (χ4n) is 2.76. The molecule has 2 unspecified atom stereocenters. The van der Waals surface area contributed by atoms with Crippen LogP contribution in [0.3, 0.4) is 0 Å². The summed E-state index contributed by atoms with van der Waals surface area (Å²) in [5, 5.41) is 0. The molecule has 6 nitrogen and oxygen atoms in total. The van der Waals surface area contributed by atoms with Gasteiger partial charge in [-0.1, -0.05) is 0 Å². The average Bonchev–Trinajstić information content (AvgIpc) is 2.53. The van der Waals surface area contributed by atoms with E-state index in [1.54, 1.807) is 0 Å². The standard InChI is InChI=1S/C15H21FN2O4S.ClH/c1-10(17)11-4-3-7-18(9-11)23(20,21)14-6-5-12(16)8-13(14)15(19)22-2;/h5-6,8,10-11H,3-4,7,9,17H2,1-2H3;1H. The van der Waals surface area contributed by atoms with Gasteiger partial charge in [0.15, 0.2) is 0 Å². The second-order valence-corrected chi connectivity index (χ2v) is 7.66. The highest BCUT2D eigenvalue weighted by molar-refractivity contribution is 7.89. The Kier molecular flexibility index (Phi) is 7.15. The molecule has 136 valence electrons. The largest absolute Gasteiger partial charge is 0.465 e. The van der Waals surface area contributed by atoms with E-state index in [9.17, 15) is 17.6 Å². The van der Waals surface area contributed by atoms with Crippen molar-refractivity contribution in [3.63, 3.8) is 0 Å². The van der Waals surface area contributed by atoms with Crippen molar-refractivity contribution in [2.45, 2.75) is 30.7 Å². The minimum atomic E-state index is -3.92. The number of carbonyl (C=O) groups excluding carboxylic acids is 1. The molecule has 1 aromatic rings. The Balaban J connectivity index is 0.00000288. The van der Waals surface area contributed by atoms with Crippen LogP contribution >= 0.6 is 12.4 Å². The lowest BCUT2D eigenvalue weighted by molar-refractivity contribution is 0.0595. The lowest BCUT2D eigenvalue weighted by Crippen LogP contribution is -2.45. The van der Waals surface area contributed by atoms with Gasteiger partial charge in [0.2, 0.25) is 10.0 Å². The SMILES string of the molecule is COC(=O)c1cc(F)ccc1S(=O)(=O)N1CCCC(C(C)N)C1.Cl. The van der Waals surface area contributed by atoms with Crippen molar-refractivity contribution < 1.29 is 22.3 Å². The molecule has 2 rings (SSSR count). The Morgan fingerprint density at radius 1 is 1.46 bits per heavy atom. The average molecular weight is 381 g/mol. The smallest absolute Gasteiger partial charge is 0.339 e. The maximum absolute atomic E-state index is 13.4.